The molecule has 0 saturated carbocycles. The molecule has 0 amide bonds. The molecule has 3 aromatic rings. The molecule has 3 rings (SSSR count). The highest BCUT2D eigenvalue weighted by atomic mass is 32.2. The van der Waals surface area contributed by atoms with Gasteiger partial charge in [-0.05, 0) is 67.8 Å². The predicted molar refractivity (Wildman–Crippen MR) is 101 cm³/mol. The van der Waals surface area contributed by atoms with E-state index in [4.69, 9.17) is 10.5 Å². The molecule has 7 heteroatoms. The zero-order valence-electron chi connectivity index (χ0n) is 13.3. The van der Waals surface area contributed by atoms with Gasteiger partial charge >= 0.3 is 5.97 Å². The van der Waals surface area contributed by atoms with Crippen molar-refractivity contribution in [1.82, 2.24) is 4.98 Å². The fourth-order valence-electron chi connectivity index (χ4n) is 2.23. The molecule has 5 nitrogen and oxygen atoms in total. The van der Waals surface area contributed by atoms with E-state index in [0.717, 1.165) is 26.4 Å². The minimum Gasteiger partial charge on any atom is -0.462 e. The van der Waals surface area contributed by atoms with Gasteiger partial charge in [0.25, 0.3) is 0 Å². The summed E-state index contributed by atoms with van der Waals surface area (Å²) in [6, 6.07) is 11.3. The Morgan fingerprint density at radius 3 is 2.79 bits per heavy atom. The lowest BCUT2D eigenvalue weighted by molar-refractivity contribution is 0.0526. The summed E-state index contributed by atoms with van der Waals surface area (Å²) in [7, 11) is 0. The predicted octanol–water partition coefficient (Wildman–Crippen LogP) is 4.48. The molecule has 0 unspecified atom stereocenters. The quantitative estimate of drug-likeness (QED) is 0.516. The molecule has 0 atom stereocenters. The van der Waals surface area contributed by atoms with Gasteiger partial charge in [-0.15, -0.1) is 0 Å². The topological polar surface area (TPSA) is 77.2 Å². The fourth-order valence-corrected chi connectivity index (χ4v) is 4.01. The average Bonchev–Trinajstić information content (AvgIpc) is 2.93. The molecule has 1 heterocycles. The van der Waals surface area contributed by atoms with Crippen LogP contribution >= 0.6 is 23.3 Å². The third-order valence-corrected chi connectivity index (χ3v) is 5.00. The van der Waals surface area contributed by atoms with Crippen molar-refractivity contribution < 1.29 is 9.53 Å². The van der Waals surface area contributed by atoms with Crippen LogP contribution in [0.3, 0.4) is 0 Å². The van der Waals surface area contributed by atoms with E-state index in [1.165, 1.54) is 23.3 Å². The second kappa shape index (κ2) is 7.11. The lowest BCUT2D eigenvalue weighted by Crippen LogP contribution is -2.04. The van der Waals surface area contributed by atoms with Crippen LogP contribution in [0.1, 0.15) is 22.8 Å². The van der Waals surface area contributed by atoms with Crippen LogP contribution in [0.25, 0.3) is 10.2 Å². The van der Waals surface area contributed by atoms with Gasteiger partial charge in [0.2, 0.25) is 0 Å². The number of nitrogen functional groups attached to an aromatic ring is 1. The number of ether oxygens (including phenoxy) is 1. The van der Waals surface area contributed by atoms with Crippen molar-refractivity contribution in [3.63, 3.8) is 0 Å². The zero-order chi connectivity index (χ0) is 17.1. The number of nitrogens with zero attached hydrogens (tertiary/aromatic N) is 1. The number of fused-ring (bicyclic) bond motifs is 1. The first-order valence-corrected chi connectivity index (χ1v) is 9.07. The number of hydrogen-bond donors (Lipinski definition) is 2. The van der Waals surface area contributed by atoms with Crippen molar-refractivity contribution in [2.75, 3.05) is 17.1 Å². The summed E-state index contributed by atoms with van der Waals surface area (Å²) >= 11 is 2.96. The SMILES string of the molecule is CCOC(=O)c1ccc(NSc2cc(C)cc3sc(N)nc23)cc1. The fraction of sp³-hybridized carbons (Fsp3) is 0.176. The number of benzene rings is 2. The largest absolute Gasteiger partial charge is 0.462 e. The van der Waals surface area contributed by atoms with Gasteiger partial charge in [0.15, 0.2) is 5.13 Å². The van der Waals surface area contributed by atoms with Gasteiger partial charge in [-0.25, -0.2) is 9.78 Å². The van der Waals surface area contributed by atoms with Crippen molar-refractivity contribution >= 4 is 50.3 Å². The molecule has 0 aliphatic rings. The number of aromatic nitrogens is 1. The smallest absolute Gasteiger partial charge is 0.338 e. The highest BCUT2D eigenvalue weighted by Crippen LogP contribution is 2.33. The van der Waals surface area contributed by atoms with Gasteiger partial charge in [0.1, 0.15) is 0 Å². The Hall–Kier alpha value is -2.25. The maximum absolute atomic E-state index is 11.7. The number of anilines is 2. The number of hydrogen-bond acceptors (Lipinski definition) is 7. The molecule has 0 spiro atoms. The van der Waals surface area contributed by atoms with Crippen LogP contribution in [0, 0.1) is 6.92 Å². The molecule has 0 aliphatic carbocycles. The molecule has 2 aromatic carbocycles. The van der Waals surface area contributed by atoms with Crippen molar-refractivity contribution in [3.8, 4) is 0 Å². The third kappa shape index (κ3) is 3.63. The Morgan fingerprint density at radius 2 is 2.08 bits per heavy atom. The number of carbonyl (C=O) groups excluding carboxylic acids is 1. The summed E-state index contributed by atoms with van der Waals surface area (Å²) in [5.41, 5.74) is 9.32. The Bertz CT molecular complexity index is 875. The van der Waals surface area contributed by atoms with Crippen molar-refractivity contribution in [3.05, 3.63) is 47.5 Å². The number of rotatable bonds is 5. The first-order valence-electron chi connectivity index (χ1n) is 7.43. The van der Waals surface area contributed by atoms with Gasteiger partial charge in [-0.2, -0.15) is 0 Å². The van der Waals surface area contributed by atoms with Crippen LogP contribution in [0.15, 0.2) is 41.3 Å². The van der Waals surface area contributed by atoms with E-state index >= 15 is 0 Å². The van der Waals surface area contributed by atoms with Gasteiger partial charge in [0.05, 0.1) is 27.3 Å². The van der Waals surface area contributed by atoms with Gasteiger partial charge in [0, 0.05) is 5.69 Å². The first kappa shape index (κ1) is 16.6. The van der Waals surface area contributed by atoms with Gasteiger partial charge < -0.3 is 15.2 Å². The van der Waals surface area contributed by atoms with E-state index in [1.807, 2.05) is 19.1 Å². The lowest BCUT2D eigenvalue weighted by atomic mass is 10.2. The summed E-state index contributed by atoms with van der Waals surface area (Å²) in [6.45, 7) is 4.21. The van der Waals surface area contributed by atoms with Crippen LogP contribution in [0.4, 0.5) is 10.8 Å². The molecular formula is C17H17N3O2S2. The average molecular weight is 359 g/mol. The van der Waals surface area contributed by atoms with Crippen LogP contribution in [-0.2, 0) is 4.74 Å². The van der Waals surface area contributed by atoms with Crippen LogP contribution in [0.2, 0.25) is 0 Å². The maximum atomic E-state index is 11.7. The van der Waals surface area contributed by atoms with Crippen molar-refractivity contribution in [1.29, 1.82) is 0 Å². The number of carbonyl (C=O) groups is 1. The van der Waals surface area contributed by atoms with E-state index in [-0.39, 0.29) is 5.97 Å². The number of esters is 1. The molecule has 0 radical (unpaired) electrons. The molecule has 0 bridgehead atoms. The van der Waals surface area contributed by atoms with Crippen molar-refractivity contribution in [2.24, 2.45) is 0 Å². The minimum atomic E-state index is -0.310. The highest BCUT2D eigenvalue weighted by molar-refractivity contribution is 8.00. The molecule has 0 fully saturated rings. The number of aryl methyl sites for hydroxylation is 1. The molecule has 1 aromatic heterocycles. The van der Waals surface area contributed by atoms with Crippen LogP contribution in [0.5, 0.6) is 0 Å². The Labute approximate surface area is 148 Å². The zero-order valence-corrected chi connectivity index (χ0v) is 15.0. The Balaban J connectivity index is 1.75. The van der Waals surface area contributed by atoms with E-state index in [1.54, 1.807) is 19.1 Å². The minimum absolute atomic E-state index is 0.310. The maximum Gasteiger partial charge on any atom is 0.338 e. The Morgan fingerprint density at radius 1 is 1.33 bits per heavy atom. The second-order valence-electron chi connectivity index (χ2n) is 5.16. The van der Waals surface area contributed by atoms with Gasteiger partial charge in [-0.3, -0.25) is 0 Å². The van der Waals surface area contributed by atoms with E-state index < -0.39 is 0 Å². The van der Waals surface area contributed by atoms with E-state index in [0.29, 0.717) is 17.3 Å². The highest BCUT2D eigenvalue weighted by Gasteiger charge is 2.10. The van der Waals surface area contributed by atoms with Crippen molar-refractivity contribution in [2.45, 2.75) is 18.7 Å². The number of nitrogens with two attached hydrogens (primary N) is 1. The molecule has 24 heavy (non-hydrogen) atoms. The number of thiazole rings is 1. The molecule has 0 saturated heterocycles. The normalized spacial score (nSPS) is 10.8. The molecule has 3 N–H and O–H groups in total. The van der Waals surface area contributed by atoms with Crippen LogP contribution < -0.4 is 10.5 Å². The summed E-state index contributed by atoms with van der Waals surface area (Å²) < 4.78 is 9.33. The monoisotopic (exact) mass is 359 g/mol. The second-order valence-corrected chi connectivity index (χ2v) is 7.07. The molecule has 124 valence electrons. The standard InChI is InChI=1S/C17H17N3O2S2/c1-3-22-16(21)11-4-6-12(7-5-11)20-24-14-9-10(2)8-13-15(14)19-17(18)23-13/h4-9,20H,3H2,1-2H3,(H2,18,19). The molecule has 0 aliphatic heterocycles. The summed E-state index contributed by atoms with van der Waals surface area (Å²) in [6.07, 6.45) is 0. The lowest BCUT2D eigenvalue weighted by Gasteiger charge is -2.08. The number of nitrogens with one attached hydrogen (secondary N) is 1. The van der Waals surface area contributed by atoms with Gasteiger partial charge in [-0.1, -0.05) is 11.3 Å². The summed E-state index contributed by atoms with van der Waals surface area (Å²) in [5.74, 6) is -0.310. The summed E-state index contributed by atoms with van der Waals surface area (Å²) in [4.78, 5) is 17.1. The third-order valence-electron chi connectivity index (χ3n) is 3.30. The molecular weight excluding hydrogens is 342 g/mol. The summed E-state index contributed by atoms with van der Waals surface area (Å²) in [5, 5.41) is 0.566. The van der Waals surface area contributed by atoms with E-state index in [2.05, 4.69) is 21.8 Å². The first-order chi connectivity index (χ1) is 11.6. The Kier molecular flexibility index (Phi) is 4.92. The van der Waals surface area contributed by atoms with E-state index in [9.17, 15) is 4.79 Å². The van der Waals surface area contributed by atoms with Crippen LogP contribution in [-0.4, -0.2) is 17.6 Å².